The fourth-order valence-electron chi connectivity index (χ4n) is 2.51. The van der Waals surface area contributed by atoms with Gasteiger partial charge in [-0.1, -0.05) is 65.2 Å². The first-order valence-electron chi connectivity index (χ1n) is 7.88. The summed E-state index contributed by atoms with van der Waals surface area (Å²) in [6.07, 6.45) is 14.3. The molecule has 0 spiro atoms. The highest BCUT2D eigenvalue weighted by molar-refractivity contribution is 5.75. The number of esters is 1. The lowest BCUT2D eigenvalue weighted by Gasteiger charge is -2.25. The first-order valence-corrected chi connectivity index (χ1v) is 7.88. The summed E-state index contributed by atoms with van der Waals surface area (Å²) in [4.78, 5) is 10.6. The molecular weight excluding hydrogens is 224 g/mol. The number of hydrogen-bond donors (Lipinski definition) is 0. The van der Waals surface area contributed by atoms with Gasteiger partial charge in [-0.15, -0.1) is 0 Å². The highest BCUT2D eigenvalue weighted by Gasteiger charge is 2.27. The molecule has 0 radical (unpaired) electrons. The average Bonchev–Trinajstić information content (AvgIpc) is 2.28. The molecular formula is C16H30O2. The summed E-state index contributed by atoms with van der Waals surface area (Å²) in [5, 5.41) is 0. The first-order chi connectivity index (χ1) is 8.68. The van der Waals surface area contributed by atoms with Gasteiger partial charge in [0.25, 0.3) is 0 Å². The number of carbonyl (C=O) groups is 1. The predicted octanol–water partition coefficient (Wildman–Crippen LogP) is 4.86. The summed E-state index contributed by atoms with van der Waals surface area (Å²) >= 11 is 0. The Morgan fingerprint density at radius 1 is 1.00 bits per heavy atom. The van der Waals surface area contributed by atoms with Crippen LogP contribution in [0, 0.1) is 5.92 Å². The second-order valence-electron chi connectivity index (χ2n) is 6.12. The van der Waals surface area contributed by atoms with Crippen molar-refractivity contribution in [2.75, 3.05) is 0 Å². The third-order valence-electron chi connectivity index (χ3n) is 3.75. The maximum atomic E-state index is 10.6. The van der Waals surface area contributed by atoms with Gasteiger partial charge < -0.3 is 4.74 Å². The summed E-state index contributed by atoms with van der Waals surface area (Å²) in [5.41, 5.74) is 0. The van der Waals surface area contributed by atoms with E-state index in [1.807, 2.05) is 0 Å². The molecule has 0 amide bonds. The molecule has 1 rings (SSSR count). The first kappa shape index (κ1) is 15.5. The quantitative estimate of drug-likeness (QED) is 0.389. The number of carbonyl (C=O) groups excluding carboxylic acids is 1. The van der Waals surface area contributed by atoms with E-state index in [9.17, 15) is 4.79 Å². The summed E-state index contributed by atoms with van der Waals surface area (Å²) < 4.78 is 4.99. The van der Waals surface area contributed by atoms with E-state index in [0.717, 1.165) is 12.3 Å². The van der Waals surface area contributed by atoms with E-state index < -0.39 is 0 Å². The van der Waals surface area contributed by atoms with Crippen LogP contribution in [0.5, 0.6) is 0 Å². The number of cyclic esters (lactones) is 1. The van der Waals surface area contributed by atoms with Gasteiger partial charge in [0, 0.05) is 0 Å². The highest BCUT2D eigenvalue weighted by Crippen LogP contribution is 2.20. The van der Waals surface area contributed by atoms with E-state index in [0.29, 0.717) is 6.42 Å². The number of ether oxygens (including phenoxy) is 1. The van der Waals surface area contributed by atoms with Gasteiger partial charge in [0.15, 0.2) is 0 Å². The molecule has 0 unspecified atom stereocenters. The maximum absolute atomic E-state index is 10.6. The summed E-state index contributed by atoms with van der Waals surface area (Å²) in [6.45, 7) is 4.61. The van der Waals surface area contributed by atoms with Gasteiger partial charge in [-0.2, -0.15) is 0 Å². The Morgan fingerprint density at radius 2 is 1.50 bits per heavy atom. The van der Waals surface area contributed by atoms with Crippen LogP contribution < -0.4 is 0 Å². The zero-order valence-electron chi connectivity index (χ0n) is 12.2. The molecule has 0 aromatic heterocycles. The van der Waals surface area contributed by atoms with Crippen LogP contribution in [0.15, 0.2) is 0 Å². The van der Waals surface area contributed by atoms with Crippen LogP contribution in [-0.2, 0) is 9.53 Å². The van der Waals surface area contributed by atoms with Crippen molar-refractivity contribution in [1.29, 1.82) is 0 Å². The maximum Gasteiger partial charge on any atom is 0.309 e. The topological polar surface area (TPSA) is 26.3 Å². The van der Waals surface area contributed by atoms with Gasteiger partial charge in [0.1, 0.15) is 6.10 Å². The molecule has 1 fully saturated rings. The van der Waals surface area contributed by atoms with E-state index in [1.165, 1.54) is 57.8 Å². The van der Waals surface area contributed by atoms with Crippen molar-refractivity contribution in [1.82, 2.24) is 0 Å². The second-order valence-corrected chi connectivity index (χ2v) is 6.12. The number of rotatable bonds is 11. The van der Waals surface area contributed by atoms with Crippen LogP contribution >= 0.6 is 0 Å². The lowest BCUT2D eigenvalue weighted by Crippen LogP contribution is -2.32. The largest absolute Gasteiger partial charge is 0.462 e. The van der Waals surface area contributed by atoms with Gasteiger partial charge in [-0.25, -0.2) is 0 Å². The Hall–Kier alpha value is -0.530. The number of unbranched alkanes of at least 4 members (excludes halogenated alkanes) is 7. The predicted molar refractivity (Wildman–Crippen MR) is 75.5 cm³/mol. The molecule has 2 heteroatoms. The molecule has 0 aromatic carbocycles. The SMILES string of the molecule is CC(C)CCCCCCCCCC[C@H]1CC(=O)O1. The fraction of sp³-hybridized carbons (Fsp3) is 0.938. The third kappa shape index (κ3) is 7.73. The second kappa shape index (κ2) is 9.41. The van der Waals surface area contributed by atoms with Crippen molar-refractivity contribution < 1.29 is 9.53 Å². The van der Waals surface area contributed by atoms with E-state index in [4.69, 9.17) is 4.74 Å². The Balaban J connectivity index is 1.70. The van der Waals surface area contributed by atoms with E-state index >= 15 is 0 Å². The average molecular weight is 254 g/mol. The van der Waals surface area contributed by atoms with Crippen molar-refractivity contribution >= 4 is 5.97 Å². The van der Waals surface area contributed by atoms with Crippen LogP contribution in [0.2, 0.25) is 0 Å². The van der Waals surface area contributed by atoms with Crippen LogP contribution in [-0.4, -0.2) is 12.1 Å². The van der Waals surface area contributed by atoms with Gasteiger partial charge in [-0.05, 0) is 18.8 Å². The van der Waals surface area contributed by atoms with Crippen LogP contribution in [0.4, 0.5) is 0 Å². The molecule has 0 N–H and O–H groups in total. The standard InChI is InChI=1S/C16H30O2/c1-14(2)11-9-7-5-3-4-6-8-10-12-15-13-16(17)18-15/h14-15H,3-13H2,1-2H3/t15-/m0/s1. The molecule has 106 valence electrons. The molecule has 1 aliphatic heterocycles. The zero-order chi connectivity index (χ0) is 13.2. The Bertz CT molecular complexity index is 215. The molecule has 18 heavy (non-hydrogen) atoms. The molecule has 0 saturated carbocycles. The summed E-state index contributed by atoms with van der Waals surface area (Å²) in [5.74, 6) is 0.854. The fourth-order valence-corrected chi connectivity index (χ4v) is 2.51. The van der Waals surface area contributed by atoms with Crippen LogP contribution in [0.3, 0.4) is 0 Å². The zero-order valence-corrected chi connectivity index (χ0v) is 12.2. The van der Waals surface area contributed by atoms with Crippen molar-refractivity contribution in [2.24, 2.45) is 5.92 Å². The lowest BCUT2D eigenvalue weighted by molar-refractivity contribution is -0.169. The molecule has 1 aliphatic rings. The molecule has 2 nitrogen and oxygen atoms in total. The van der Waals surface area contributed by atoms with Crippen LogP contribution in [0.25, 0.3) is 0 Å². The Kier molecular flexibility index (Phi) is 8.11. The van der Waals surface area contributed by atoms with Gasteiger partial charge in [-0.3, -0.25) is 4.79 Å². The Morgan fingerprint density at radius 3 is 2.00 bits per heavy atom. The van der Waals surface area contributed by atoms with Crippen molar-refractivity contribution in [3.8, 4) is 0 Å². The molecule has 1 heterocycles. The third-order valence-corrected chi connectivity index (χ3v) is 3.75. The monoisotopic (exact) mass is 254 g/mol. The molecule has 1 atom stereocenters. The van der Waals surface area contributed by atoms with Gasteiger partial charge in [0.05, 0.1) is 6.42 Å². The minimum absolute atomic E-state index is 0.0126. The number of hydrogen-bond acceptors (Lipinski definition) is 2. The smallest absolute Gasteiger partial charge is 0.309 e. The molecule has 0 aliphatic carbocycles. The van der Waals surface area contributed by atoms with Crippen molar-refractivity contribution in [3.05, 3.63) is 0 Å². The van der Waals surface area contributed by atoms with E-state index in [-0.39, 0.29) is 12.1 Å². The lowest BCUT2D eigenvalue weighted by atomic mass is 10.0. The van der Waals surface area contributed by atoms with E-state index in [2.05, 4.69) is 13.8 Å². The van der Waals surface area contributed by atoms with Gasteiger partial charge in [0.2, 0.25) is 0 Å². The minimum Gasteiger partial charge on any atom is -0.462 e. The van der Waals surface area contributed by atoms with Gasteiger partial charge >= 0.3 is 5.97 Å². The normalized spacial score (nSPS) is 18.8. The van der Waals surface area contributed by atoms with Crippen molar-refractivity contribution in [2.45, 2.75) is 90.6 Å². The Labute approximate surface area is 112 Å². The molecule has 1 saturated heterocycles. The molecule has 0 aromatic rings. The van der Waals surface area contributed by atoms with Crippen LogP contribution in [0.1, 0.15) is 84.5 Å². The summed E-state index contributed by atoms with van der Waals surface area (Å²) in [6, 6.07) is 0. The van der Waals surface area contributed by atoms with Crippen molar-refractivity contribution in [3.63, 3.8) is 0 Å². The molecule has 0 bridgehead atoms. The highest BCUT2D eigenvalue weighted by atomic mass is 16.6. The minimum atomic E-state index is -0.0126. The summed E-state index contributed by atoms with van der Waals surface area (Å²) in [7, 11) is 0. The van der Waals surface area contributed by atoms with E-state index in [1.54, 1.807) is 0 Å².